The summed E-state index contributed by atoms with van der Waals surface area (Å²) in [5.41, 5.74) is 5.40. The largest absolute Gasteiger partial charge is 0.481 e. The molecular formula is C8H19NO2. The van der Waals surface area contributed by atoms with Crippen LogP contribution >= 0.6 is 0 Å². The molecule has 0 heterocycles. The van der Waals surface area contributed by atoms with Gasteiger partial charge in [-0.25, -0.2) is 0 Å². The molecule has 1 atom stereocenters. The Morgan fingerprint density at radius 3 is 1.91 bits per heavy atom. The fourth-order valence-electron chi connectivity index (χ4n) is 0.455. The Labute approximate surface area is 68.6 Å². The fourth-order valence-corrected chi connectivity index (χ4v) is 0.455. The Morgan fingerprint density at radius 1 is 1.55 bits per heavy atom. The van der Waals surface area contributed by atoms with Crippen LogP contribution in [0, 0.1) is 0 Å². The molecule has 0 spiro atoms. The molecule has 0 saturated carbocycles. The third-order valence-corrected chi connectivity index (χ3v) is 1.05. The van der Waals surface area contributed by atoms with Crippen LogP contribution in [-0.4, -0.2) is 17.1 Å². The number of carboxylic acids is 1. The van der Waals surface area contributed by atoms with Crippen molar-refractivity contribution in [1.82, 2.24) is 0 Å². The predicted octanol–water partition coefficient (Wildman–Crippen LogP) is 1.61. The summed E-state index contributed by atoms with van der Waals surface area (Å²) in [6.45, 7) is 5.77. The maximum Gasteiger partial charge on any atom is 0.303 e. The van der Waals surface area contributed by atoms with Crippen LogP contribution in [0.25, 0.3) is 0 Å². The van der Waals surface area contributed by atoms with Gasteiger partial charge in [0, 0.05) is 12.5 Å². The quantitative estimate of drug-likeness (QED) is 0.661. The number of rotatable bonds is 3. The van der Waals surface area contributed by atoms with E-state index in [9.17, 15) is 4.79 Å². The summed E-state index contributed by atoms with van der Waals surface area (Å²) in [4.78, 5) is 9.37. The van der Waals surface area contributed by atoms with E-state index in [2.05, 4.69) is 6.92 Å². The van der Waals surface area contributed by atoms with E-state index in [-0.39, 0.29) is 6.42 Å². The van der Waals surface area contributed by atoms with Crippen LogP contribution in [0.1, 0.15) is 40.0 Å². The van der Waals surface area contributed by atoms with Gasteiger partial charge in [-0.2, -0.15) is 0 Å². The highest BCUT2D eigenvalue weighted by molar-refractivity contribution is 5.66. The molecule has 0 amide bonds. The van der Waals surface area contributed by atoms with Gasteiger partial charge in [0.1, 0.15) is 0 Å². The Morgan fingerprint density at radius 2 is 1.91 bits per heavy atom. The lowest BCUT2D eigenvalue weighted by Crippen LogP contribution is -2.13. The van der Waals surface area contributed by atoms with E-state index in [0.717, 1.165) is 6.42 Å². The van der Waals surface area contributed by atoms with Gasteiger partial charge in [0.05, 0.1) is 0 Å². The van der Waals surface area contributed by atoms with Gasteiger partial charge in [0.2, 0.25) is 0 Å². The van der Waals surface area contributed by atoms with E-state index in [0.29, 0.717) is 6.04 Å². The lowest BCUT2D eigenvalue weighted by molar-refractivity contribution is -0.136. The average molecular weight is 161 g/mol. The first-order chi connectivity index (χ1) is 5.04. The first-order valence-corrected chi connectivity index (χ1v) is 4.01. The summed E-state index contributed by atoms with van der Waals surface area (Å²) in [5.74, 6) is -0.745. The van der Waals surface area contributed by atoms with Gasteiger partial charge in [-0.1, -0.05) is 20.3 Å². The van der Waals surface area contributed by atoms with Crippen molar-refractivity contribution >= 4 is 5.97 Å². The number of aliphatic carboxylic acids is 1. The molecule has 3 N–H and O–H groups in total. The Kier molecular flexibility index (Phi) is 11.2. The van der Waals surface area contributed by atoms with E-state index in [1.165, 1.54) is 6.42 Å². The van der Waals surface area contributed by atoms with E-state index < -0.39 is 5.97 Å². The van der Waals surface area contributed by atoms with Crippen molar-refractivity contribution in [1.29, 1.82) is 0 Å². The number of carboxylic acid groups (broad SMARTS) is 1. The highest BCUT2D eigenvalue weighted by atomic mass is 16.4. The molecule has 0 aliphatic carbocycles. The number of carbonyl (C=O) groups is 1. The topological polar surface area (TPSA) is 63.3 Å². The lowest BCUT2D eigenvalue weighted by atomic mass is 10.2. The predicted molar refractivity (Wildman–Crippen MR) is 46.5 cm³/mol. The Bertz CT molecular complexity index is 92.1. The molecule has 3 heteroatoms. The molecule has 0 rings (SSSR count). The van der Waals surface area contributed by atoms with Crippen molar-refractivity contribution in [2.45, 2.75) is 46.1 Å². The van der Waals surface area contributed by atoms with Crippen molar-refractivity contribution < 1.29 is 9.90 Å². The highest BCUT2D eigenvalue weighted by Gasteiger charge is 1.85. The summed E-state index contributed by atoms with van der Waals surface area (Å²) in [6, 6.07) is 0.398. The SMILES string of the molecule is CCC(=O)O.CCCC(C)N. The lowest BCUT2D eigenvalue weighted by Gasteiger charge is -1.96. The third-order valence-electron chi connectivity index (χ3n) is 1.05. The van der Waals surface area contributed by atoms with Crippen molar-refractivity contribution in [2.24, 2.45) is 5.73 Å². The minimum atomic E-state index is -0.745. The first-order valence-electron chi connectivity index (χ1n) is 4.01. The molecule has 1 unspecified atom stereocenters. The Hall–Kier alpha value is -0.570. The van der Waals surface area contributed by atoms with Crippen LogP contribution in [0.2, 0.25) is 0 Å². The summed E-state index contributed by atoms with van der Waals surface area (Å²) < 4.78 is 0. The van der Waals surface area contributed by atoms with Gasteiger partial charge in [-0.15, -0.1) is 0 Å². The normalized spacial score (nSPS) is 11.3. The molecule has 0 aromatic carbocycles. The molecule has 68 valence electrons. The molecule has 0 fully saturated rings. The molecule has 0 aliphatic rings. The minimum Gasteiger partial charge on any atom is -0.481 e. The van der Waals surface area contributed by atoms with E-state index in [4.69, 9.17) is 10.8 Å². The van der Waals surface area contributed by atoms with Gasteiger partial charge in [-0.3, -0.25) is 4.79 Å². The zero-order chi connectivity index (χ0) is 9.28. The van der Waals surface area contributed by atoms with Crippen molar-refractivity contribution in [2.75, 3.05) is 0 Å². The Balaban J connectivity index is 0. The summed E-state index contributed by atoms with van der Waals surface area (Å²) in [7, 11) is 0. The van der Waals surface area contributed by atoms with E-state index in [1.54, 1.807) is 6.92 Å². The molecule has 3 nitrogen and oxygen atoms in total. The van der Waals surface area contributed by atoms with Gasteiger partial charge in [-0.05, 0) is 13.3 Å². The number of hydrogen-bond donors (Lipinski definition) is 2. The molecule has 0 saturated heterocycles. The third kappa shape index (κ3) is 26.5. The first kappa shape index (κ1) is 13.1. The van der Waals surface area contributed by atoms with Crippen LogP contribution in [0.5, 0.6) is 0 Å². The second-order valence-electron chi connectivity index (χ2n) is 2.51. The zero-order valence-corrected chi connectivity index (χ0v) is 7.63. The van der Waals surface area contributed by atoms with E-state index in [1.807, 2.05) is 6.92 Å². The maximum absolute atomic E-state index is 9.37. The number of nitrogens with two attached hydrogens (primary N) is 1. The fraction of sp³-hybridized carbons (Fsp3) is 0.875. The highest BCUT2D eigenvalue weighted by Crippen LogP contribution is 1.88. The summed E-state index contributed by atoms with van der Waals surface area (Å²) in [5, 5.41) is 7.72. The second kappa shape index (κ2) is 9.43. The average Bonchev–Trinajstić information content (AvgIpc) is 1.89. The van der Waals surface area contributed by atoms with Crippen LogP contribution in [0.15, 0.2) is 0 Å². The van der Waals surface area contributed by atoms with Crippen LogP contribution in [0.3, 0.4) is 0 Å². The molecule has 0 radical (unpaired) electrons. The summed E-state index contributed by atoms with van der Waals surface area (Å²) >= 11 is 0. The standard InChI is InChI=1S/C5H13N.C3H6O2/c1-3-4-5(2)6;1-2-3(4)5/h5H,3-4,6H2,1-2H3;2H2,1H3,(H,4,5). The van der Waals surface area contributed by atoms with Crippen LogP contribution in [-0.2, 0) is 4.79 Å². The van der Waals surface area contributed by atoms with Gasteiger partial charge in [0.15, 0.2) is 0 Å². The van der Waals surface area contributed by atoms with Gasteiger partial charge in [0.25, 0.3) is 0 Å². The van der Waals surface area contributed by atoms with Crippen molar-refractivity contribution in [3.8, 4) is 0 Å². The molecule has 0 aromatic rings. The van der Waals surface area contributed by atoms with Crippen molar-refractivity contribution in [3.05, 3.63) is 0 Å². The summed E-state index contributed by atoms with van der Waals surface area (Å²) in [6.07, 6.45) is 2.58. The molecule has 11 heavy (non-hydrogen) atoms. The minimum absolute atomic E-state index is 0.222. The zero-order valence-electron chi connectivity index (χ0n) is 7.63. The maximum atomic E-state index is 9.37. The monoisotopic (exact) mass is 161 g/mol. The van der Waals surface area contributed by atoms with Crippen LogP contribution in [0.4, 0.5) is 0 Å². The van der Waals surface area contributed by atoms with Gasteiger partial charge >= 0.3 is 5.97 Å². The van der Waals surface area contributed by atoms with E-state index >= 15 is 0 Å². The molecule has 0 aromatic heterocycles. The molecular weight excluding hydrogens is 142 g/mol. The van der Waals surface area contributed by atoms with Crippen LogP contribution < -0.4 is 5.73 Å². The number of hydrogen-bond acceptors (Lipinski definition) is 2. The second-order valence-corrected chi connectivity index (χ2v) is 2.51. The van der Waals surface area contributed by atoms with Crippen molar-refractivity contribution in [3.63, 3.8) is 0 Å². The van der Waals surface area contributed by atoms with Gasteiger partial charge < -0.3 is 10.8 Å². The molecule has 0 bridgehead atoms. The smallest absolute Gasteiger partial charge is 0.303 e. The molecule has 0 aliphatic heterocycles.